The van der Waals surface area contributed by atoms with Gasteiger partial charge in [0.1, 0.15) is 5.76 Å². The third-order valence-electron chi connectivity index (χ3n) is 4.11. The van der Waals surface area contributed by atoms with Crippen LogP contribution < -0.4 is 10.2 Å². The number of hydrogen-bond acceptors (Lipinski definition) is 4. The molecule has 4 nitrogen and oxygen atoms in total. The van der Waals surface area contributed by atoms with Crippen LogP contribution in [0.25, 0.3) is 0 Å². The minimum atomic E-state index is 0.332. The van der Waals surface area contributed by atoms with Crippen LogP contribution in [0.4, 0.5) is 5.69 Å². The van der Waals surface area contributed by atoms with E-state index >= 15 is 0 Å². The number of nitrogens with one attached hydrogen (secondary N) is 1. The van der Waals surface area contributed by atoms with Gasteiger partial charge in [0, 0.05) is 12.1 Å². The molecule has 112 valence electrons. The molecule has 1 unspecified atom stereocenters. The minimum Gasteiger partial charge on any atom is -0.467 e. The van der Waals surface area contributed by atoms with E-state index in [9.17, 15) is 0 Å². The molecule has 0 spiro atoms. The molecule has 1 aliphatic rings. The van der Waals surface area contributed by atoms with E-state index in [0.29, 0.717) is 12.1 Å². The van der Waals surface area contributed by atoms with E-state index < -0.39 is 0 Å². The molecule has 1 N–H and O–H groups in total. The summed E-state index contributed by atoms with van der Waals surface area (Å²) >= 11 is 0. The Hall–Kier alpha value is -1.81. The van der Waals surface area contributed by atoms with Gasteiger partial charge in [-0.05, 0) is 50.6 Å². The maximum absolute atomic E-state index is 5.49. The minimum absolute atomic E-state index is 0.332. The van der Waals surface area contributed by atoms with Gasteiger partial charge in [-0.3, -0.25) is 4.98 Å². The van der Waals surface area contributed by atoms with Crippen LogP contribution in [-0.2, 0) is 6.54 Å². The fraction of sp³-hybridized carbons (Fsp3) is 0.471. The summed E-state index contributed by atoms with van der Waals surface area (Å²) in [6.07, 6.45) is 7.30. The van der Waals surface area contributed by atoms with Gasteiger partial charge in [-0.1, -0.05) is 6.92 Å². The van der Waals surface area contributed by atoms with E-state index in [2.05, 4.69) is 34.3 Å². The van der Waals surface area contributed by atoms with Crippen molar-refractivity contribution >= 4 is 5.69 Å². The van der Waals surface area contributed by atoms with Gasteiger partial charge in [0.25, 0.3) is 0 Å². The molecule has 2 aromatic rings. The Kier molecular flexibility index (Phi) is 4.25. The lowest BCUT2D eigenvalue weighted by molar-refractivity contribution is 0.501. The number of hydrogen-bond donors (Lipinski definition) is 1. The molecule has 2 aromatic heterocycles. The van der Waals surface area contributed by atoms with E-state index in [1.165, 1.54) is 18.5 Å². The van der Waals surface area contributed by atoms with Crippen LogP contribution in [0.2, 0.25) is 0 Å². The maximum Gasteiger partial charge on any atom is 0.123 e. The van der Waals surface area contributed by atoms with Crippen molar-refractivity contribution in [2.45, 2.75) is 44.8 Å². The lowest BCUT2D eigenvalue weighted by Gasteiger charge is -2.24. The Bertz CT molecular complexity index is 542. The van der Waals surface area contributed by atoms with E-state index in [1.807, 2.05) is 25.4 Å². The quantitative estimate of drug-likeness (QED) is 0.845. The first-order valence-corrected chi connectivity index (χ1v) is 7.74. The van der Waals surface area contributed by atoms with E-state index in [4.69, 9.17) is 4.42 Å². The zero-order valence-corrected chi connectivity index (χ0v) is 12.7. The molecule has 0 aliphatic heterocycles. The molecule has 3 rings (SSSR count). The Morgan fingerprint density at radius 2 is 2.24 bits per heavy atom. The largest absolute Gasteiger partial charge is 0.467 e. The van der Waals surface area contributed by atoms with Gasteiger partial charge in [-0.2, -0.15) is 0 Å². The van der Waals surface area contributed by atoms with Crippen LogP contribution in [0.15, 0.2) is 41.1 Å². The molecule has 1 aliphatic carbocycles. The predicted octanol–water partition coefficient (Wildman–Crippen LogP) is 3.51. The first kappa shape index (κ1) is 14.1. The van der Waals surface area contributed by atoms with Crippen molar-refractivity contribution in [3.8, 4) is 0 Å². The number of pyridine rings is 1. The van der Waals surface area contributed by atoms with Gasteiger partial charge in [-0.25, -0.2) is 0 Å². The van der Waals surface area contributed by atoms with Crippen molar-refractivity contribution in [2.75, 3.05) is 11.9 Å². The number of furan rings is 1. The molecular formula is C17H23N3O. The maximum atomic E-state index is 5.49. The van der Waals surface area contributed by atoms with Crippen molar-refractivity contribution in [3.63, 3.8) is 0 Å². The van der Waals surface area contributed by atoms with Gasteiger partial charge < -0.3 is 14.6 Å². The van der Waals surface area contributed by atoms with Crippen LogP contribution in [0.3, 0.4) is 0 Å². The molecular weight excluding hydrogens is 262 g/mol. The molecule has 4 heteroatoms. The third-order valence-corrected chi connectivity index (χ3v) is 4.11. The highest BCUT2D eigenvalue weighted by Crippen LogP contribution is 2.33. The molecule has 0 radical (unpaired) electrons. The van der Waals surface area contributed by atoms with E-state index in [1.54, 1.807) is 6.26 Å². The molecule has 0 saturated heterocycles. The van der Waals surface area contributed by atoms with Crippen molar-refractivity contribution in [1.29, 1.82) is 0 Å². The summed E-state index contributed by atoms with van der Waals surface area (Å²) in [5.41, 5.74) is 2.29. The highest BCUT2D eigenvalue weighted by Gasteiger charge is 2.30. The highest BCUT2D eigenvalue weighted by atomic mass is 16.3. The number of anilines is 1. The Morgan fingerprint density at radius 3 is 2.76 bits per heavy atom. The Labute approximate surface area is 126 Å². The summed E-state index contributed by atoms with van der Waals surface area (Å²) in [5, 5.41) is 3.30. The number of rotatable bonds is 7. The van der Waals surface area contributed by atoms with Crippen molar-refractivity contribution in [3.05, 3.63) is 48.2 Å². The first-order chi connectivity index (χ1) is 10.3. The molecule has 0 bridgehead atoms. The molecule has 1 atom stereocenters. The van der Waals surface area contributed by atoms with Crippen molar-refractivity contribution in [2.24, 2.45) is 0 Å². The van der Waals surface area contributed by atoms with Crippen molar-refractivity contribution in [1.82, 2.24) is 10.3 Å². The van der Waals surface area contributed by atoms with Crippen LogP contribution in [0.1, 0.15) is 43.7 Å². The van der Waals surface area contributed by atoms with Crippen LogP contribution in [0.5, 0.6) is 0 Å². The second kappa shape index (κ2) is 6.31. The zero-order valence-electron chi connectivity index (χ0n) is 12.7. The Morgan fingerprint density at radius 1 is 1.38 bits per heavy atom. The highest BCUT2D eigenvalue weighted by molar-refractivity contribution is 5.47. The second-order valence-electron chi connectivity index (χ2n) is 5.63. The van der Waals surface area contributed by atoms with Crippen molar-refractivity contribution < 1.29 is 4.42 Å². The lowest BCUT2D eigenvalue weighted by Crippen LogP contribution is -2.25. The summed E-state index contributed by atoms with van der Waals surface area (Å²) < 4.78 is 5.49. The standard InChI is InChI=1S/C17H23N3O/c1-3-16(18-2)17-9-8-14(11-19-17)20(13-6-7-13)12-15-5-4-10-21-15/h4-5,8-11,13,16,18H,3,6-7,12H2,1-2H3. The first-order valence-electron chi connectivity index (χ1n) is 7.74. The topological polar surface area (TPSA) is 41.3 Å². The number of nitrogens with zero attached hydrogens (tertiary/aromatic N) is 2. The summed E-state index contributed by atoms with van der Waals surface area (Å²) in [4.78, 5) is 7.05. The third kappa shape index (κ3) is 3.27. The monoisotopic (exact) mass is 285 g/mol. The van der Waals surface area contributed by atoms with E-state index in [0.717, 1.165) is 24.4 Å². The molecule has 2 heterocycles. The predicted molar refractivity (Wildman–Crippen MR) is 84.2 cm³/mol. The van der Waals surface area contributed by atoms with Gasteiger partial charge >= 0.3 is 0 Å². The fourth-order valence-electron chi connectivity index (χ4n) is 2.72. The van der Waals surface area contributed by atoms with Gasteiger partial charge in [0.15, 0.2) is 0 Å². The SMILES string of the molecule is CCC(NC)c1ccc(N(Cc2ccco2)C2CC2)cn1. The smallest absolute Gasteiger partial charge is 0.123 e. The van der Waals surface area contributed by atoms with Crippen LogP contribution in [-0.4, -0.2) is 18.1 Å². The van der Waals surface area contributed by atoms with Crippen LogP contribution in [0, 0.1) is 0 Å². The van der Waals surface area contributed by atoms with Gasteiger partial charge in [-0.15, -0.1) is 0 Å². The normalized spacial score (nSPS) is 15.9. The average molecular weight is 285 g/mol. The van der Waals surface area contributed by atoms with Gasteiger partial charge in [0.05, 0.1) is 30.4 Å². The summed E-state index contributed by atoms with van der Waals surface area (Å²) in [6.45, 7) is 2.99. The summed E-state index contributed by atoms with van der Waals surface area (Å²) in [5.74, 6) is 1.01. The lowest BCUT2D eigenvalue weighted by atomic mass is 10.1. The van der Waals surface area contributed by atoms with Gasteiger partial charge in [0.2, 0.25) is 0 Å². The molecule has 1 fully saturated rings. The molecule has 1 saturated carbocycles. The number of aromatic nitrogens is 1. The Balaban J connectivity index is 1.76. The summed E-state index contributed by atoms with van der Waals surface area (Å²) in [7, 11) is 1.98. The van der Waals surface area contributed by atoms with Crippen LogP contribution >= 0.6 is 0 Å². The molecule has 0 aromatic carbocycles. The van der Waals surface area contributed by atoms with E-state index in [-0.39, 0.29) is 0 Å². The molecule has 0 amide bonds. The molecule has 21 heavy (non-hydrogen) atoms. The summed E-state index contributed by atoms with van der Waals surface area (Å²) in [6, 6.07) is 9.26. The fourth-order valence-corrected chi connectivity index (χ4v) is 2.72. The second-order valence-corrected chi connectivity index (χ2v) is 5.63. The average Bonchev–Trinajstić information content (AvgIpc) is 3.23. The zero-order chi connectivity index (χ0) is 14.7.